The number of amides is 1. The fraction of sp³-hybridized carbons (Fsp3) is 0.875. The molecule has 1 saturated heterocycles. The molecule has 4 nitrogen and oxygen atoms in total. The molecule has 2 unspecified atom stereocenters. The molecule has 1 aliphatic heterocycles. The molecular weight excluding hydrogens is 252 g/mol. The van der Waals surface area contributed by atoms with Crippen molar-refractivity contribution < 1.29 is 9.53 Å². The van der Waals surface area contributed by atoms with Crippen molar-refractivity contribution in [1.29, 1.82) is 5.26 Å². The van der Waals surface area contributed by atoms with Crippen LogP contribution in [0.25, 0.3) is 0 Å². The molecule has 2 aliphatic rings. The maximum absolute atomic E-state index is 13.0. The van der Waals surface area contributed by atoms with Crippen LogP contribution in [0.1, 0.15) is 58.8 Å². The molecule has 2 fully saturated rings. The molecule has 4 heteroatoms. The SMILES string of the molecule is CCC1COC(C)CN1C(=O)C1(C#N)CCCCCC1. The van der Waals surface area contributed by atoms with E-state index < -0.39 is 5.41 Å². The third kappa shape index (κ3) is 2.98. The van der Waals surface area contributed by atoms with E-state index in [-0.39, 0.29) is 18.1 Å². The highest BCUT2D eigenvalue weighted by Crippen LogP contribution is 2.37. The van der Waals surface area contributed by atoms with Gasteiger partial charge in [-0.1, -0.05) is 32.6 Å². The van der Waals surface area contributed by atoms with Gasteiger partial charge in [0.2, 0.25) is 5.91 Å². The van der Waals surface area contributed by atoms with Gasteiger partial charge in [0.25, 0.3) is 0 Å². The second-order valence-electron chi connectivity index (χ2n) is 6.27. The number of hydrogen-bond donors (Lipinski definition) is 0. The summed E-state index contributed by atoms with van der Waals surface area (Å²) in [7, 11) is 0. The van der Waals surface area contributed by atoms with Gasteiger partial charge in [0.15, 0.2) is 0 Å². The van der Waals surface area contributed by atoms with Crippen LogP contribution in [0.5, 0.6) is 0 Å². The highest BCUT2D eigenvalue weighted by atomic mass is 16.5. The third-order valence-electron chi connectivity index (χ3n) is 4.78. The van der Waals surface area contributed by atoms with Crippen LogP contribution in [0.4, 0.5) is 0 Å². The monoisotopic (exact) mass is 278 g/mol. The maximum Gasteiger partial charge on any atom is 0.243 e. The summed E-state index contributed by atoms with van der Waals surface area (Å²) >= 11 is 0. The summed E-state index contributed by atoms with van der Waals surface area (Å²) in [4.78, 5) is 15.0. The zero-order chi connectivity index (χ0) is 14.6. The third-order valence-corrected chi connectivity index (χ3v) is 4.78. The summed E-state index contributed by atoms with van der Waals surface area (Å²) in [5.41, 5.74) is -0.777. The Balaban J connectivity index is 2.19. The molecule has 1 aliphatic carbocycles. The smallest absolute Gasteiger partial charge is 0.243 e. The van der Waals surface area contributed by atoms with Gasteiger partial charge in [0, 0.05) is 6.54 Å². The second-order valence-corrected chi connectivity index (χ2v) is 6.27. The van der Waals surface area contributed by atoms with Gasteiger partial charge in [-0.3, -0.25) is 4.79 Å². The Morgan fingerprint density at radius 3 is 2.55 bits per heavy atom. The minimum Gasteiger partial charge on any atom is -0.375 e. The predicted octanol–water partition coefficient (Wildman–Crippen LogP) is 2.88. The molecule has 0 aromatic carbocycles. The molecule has 0 spiro atoms. The van der Waals surface area contributed by atoms with Crippen LogP contribution >= 0.6 is 0 Å². The number of hydrogen-bond acceptors (Lipinski definition) is 3. The van der Waals surface area contributed by atoms with Crippen LogP contribution < -0.4 is 0 Å². The Kier molecular flexibility index (Phi) is 5.04. The van der Waals surface area contributed by atoms with E-state index in [0.717, 1.165) is 44.9 Å². The minimum absolute atomic E-state index is 0.0592. The lowest BCUT2D eigenvalue weighted by Gasteiger charge is -2.42. The molecule has 1 saturated carbocycles. The molecule has 1 heterocycles. The van der Waals surface area contributed by atoms with Gasteiger partial charge in [0.05, 0.1) is 24.8 Å². The fourth-order valence-corrected chi connectivity index (χ4v) is 3.41. The van der Waals surface area contributed by atoms with E-state index >= 15 is 0 Å². The topological polar surface area (TPSA) is 53.3 Å². The molecule has 0 aromatic heterocycles. The van der Waals surface area contributed by atoms with Crippen molar-refractivity contribution in [1.82, 2.24) is 4.90 Å². The Labute approximate surface area is 122 Å². The lowest BCUT2D eigenvalue weighted by Crippen LogP contribution is -2.55. The van der Waals surface area contributed by atoms with Crippen LogP contribution in [0, 0.1) is 16.7 Å². The number of ether oxygens (including phenoxy) is 1. The van der Waals surface area contributed by atoms with Crippen molar-refractivity contribution in [3.63, 3.8) is 0 Å². The summed E-state index contributed by atoms with van der Waals surface area (Å²) in [5.74, 6) is 0.0592. The van der Waals surface area contributed by atoms with Gasteiger partial charge in [-0.15, -0.1) is 0 Å². The van der Waals surface area contributed by atoms with Crippen molar-refractivity contribution in [3.05, 3.63) is 0 Å². The molecule has 0 bridgehead atoms. The van der Waals surface area contributed by atoms with Crippen molar-refractivity contribution in [2.24, 2.45) is 5.41 Å². The number of rotatable bonds is 2. The molecule has 0 radical (unpaired) electrons. The molecular formula is C16H26N2O2. The van der Waals surface area contributed by atoms with Crippen LogP contribution in [0.15, 0.2) is 0 Å². The highest BCUT2D eigenvalue weighted by molar-refractivity contribution is 5.86. The normalized spacial score (nSPS) is 30.4. The Bertz CT molecular complexity index is 380. The Hall–Kier alpha value is -1.08. The lowest BCUT2D eigenvalue weighted by atomic mass is 9.80. The molecule has 112 valence electrons. The zero-order valence-corrected chi connectivity index (χ0v) is 12.7. The van der Waals surface area contributed by atoms with E-state index in [4.69, 9.17) is 4.74 Å². The zero-order valence-electron chi connectivity index (χ0n) is 12.7. The number of carbonyl (C=O) groups is 1. The van der Waals surface area contributed by atoms with E-state index in [0.29, 0.717) is 13.2 Å². The molecule has 20 heavy (non-hydrogen) atoms. The first-order chi connectivity index (χ1) is 9.63. The van der Waals surface area contributed by atoms with Gasteiger partial charge in [-0.05, 0) is 26.2 Å². The van der Waals surface area contributed by atoms with E-state index in [1.807, 2.05) is 11.8 Å². The van der Waals surface area contributed by atoms with Crippen molar-refractivity contribution in [2.75, 3.05) is 13.2 Å². The summed E-state index contributed by atoms with van der Waals surface area (Å²) in [5, 5.41) is 9.66. The first-order valence-electron chi connectivity index (χ1n) is 7.97. The average molecular weight is 278 g/mol. The number of morpholine rings is 1. The highest BCUT2D eigenvalue weighted by Gasteiger charge is 2.44. The fourth-order valence-electron chi connectivity index (χ4n) is 3.41. The van der Waals surface area contributed by atoms with Crippen LogP contribution in [-0.2, 0) is 9.53 Å². The van der Waals surface area contributed by atoms with Gasteiger partial charge >= 0.3 is 0 Å². The molecule has 1 amide bonds. The number of carbonyl (C=O) groups excluding carboxylic acids is 1. The van der Waals surface area contributed by atoms with Crippen LogP contribution in [-0.4, -0.2) is 36.1 Å². The van der Waals surface area contributed by atoms with Crippen LogP contribution in [0.2, 0.25) is 0 Å². The van der Waals surface area contributed by atoms with Crippen molar-refractivity contribution in [2.45, 2.75) is 70.9 Å². The summed E-state index contributed by atoms with van der Waals surface area (Å²) in [6, 6.07) is 2.51. The Morgan fingerprint density at radius 2 is 2.00 bits per heavy atom. The standard InChI is InChI=1S/C16H26N2O2/c1-3-14-11-20-13(2)10-18(14)15(19)16(12-17)8-6-4-5-7-9-16/h13-14H,3-11H2,1-2H3. The molecule has 0 N–H and O–H groups in total. The first-order valence-corrected chi connectivity index (χ1v) is 7.97. The quantitative estimate of drug-likeness (QED) is 0.730. The minimum atomic E-state index is -0.777. The number of nitriles is 1. The van der Waals surface area contributed by atoms with Gasteiger partial charge < -0.3 is 9.64 Å². The summed E-state index contributed by atoms with van der Waals surface area (Å²) in [6.07, 6.45) is 6.70. The second kappa shape index (κ2) is 6.58. The molecule has 2 atom stereocenters. The maximum atomic E-state index is 13.0. The van der Waals surface area contributed by atoms with E-state index in [1.165, 1.54) is 0 Å². The van der Waals surface area contributed by atoms with Gasteiger partial charge in [0.1, 0.15) is 5.41 Å². The van der Waals surface area contributed by atoms with E-state index in [2.05, 4.69) is 13.0 Å². The summed E-state index contributed by atoms with van der Waals surface area (Å²) < 4.78 is 5.66. The van der Waals surface area contributed by atoms with Crippen molar-refractivity contribution >= 4 is 5.91 Å². The summed E-state index contributed by atoms with van der Waals surface area (Å²) in [6.45, 7) is 5.31. The predicted molar refractivity (Wildman–Crippen MR) is 77.0 cm³/mol. The molecule has 0 aromatic rings. The first kappa shape index (κ1) is 15.3. The Morgan fingerprint density at radius 1 is 1.35 bits per heavy atom. The largest absolute Gasteiger partial charge is 0.375 e. The van der Waals surface area contributed by atoms with Gasteiger partial charge in [-0.25, -0.2) is 0 Å². The van der Waals surface area contributed by atoms with Crippen LogP contribution in [0.3, 0.4) is 0 Å². The van der Waals surface area contributed by atoms with E-state index in [1.54, 1.807) is 0 Å². The number of nitrogens with zero attached hydrogens (tertiary/aromatic N) is 2. The van der Waals surface area contributed by atoms with Gasteiger partial charge in [-0.2, -0.15) is 5.26 Å². The lowest BCUT2D eigenvalue weighted by molar-refractivity contribution is -0.153. The average Bonchev–Trinajstić information content (AvgIpc) is 2.72. The molecule has 2 rings (SSSR count). The van der Waals surface area contributed by atoms with Crippen molar-refractivity contribution in [3.8, 4) is 6.07 Å². The van der Waals surface area contributed by atoms with E-state index in [9.17, 15) is 10.1 Å².